The predicted octanol–water partition coefficient (Wildman–Crippen LogP) is 3.08. The van der Waals surface area contributed by atoms with Gasteiger partial charge in [0, 0.05) is 11.8 Å². The first-order valence-electron chi connectivity index (χ1n) is 5.03. The maximum Gasteiger partial charge on any atom is 0.106 e. The number of nitrogens with zero attached hydrogens (tertiary/aromatic N) is 1. The van der Waals surface area contributed by atoms with E-state index in [9.17, 15) is 5.11 Å². The van der Waals surface area contributed by atoms with Crippen molar-refractivity contribution in [2.24, 2.45) is 0 Å². The molecule has 1 aromatic heterocycles. The van der Waals surface area contributed by atoms with Crippen molar-refractivity contribution in [2.75, 3.05) is 0 Å². The monoisotopic (exact) mass is 325 g/mol. The lowest BCUT2D eigenvalue weighted by Crippen LogP contribution is -2.03. The van der Waals surface area contributed by atoms with E-state index in [0.29, 0.717) is 0 Å². The Kier molecular flexibility index (Phi) is 3.56. The third kappa shape index (κ3) is 2.41. The van der Waals surface area contributed by atoms with Gasteiger partial charge in [-0.3, -0.25) is 0 Å². The highest BCUT2D eigenvalue weighted by Gasteiger charge is 2.12. The van der Waals surface area contributed by atoms with Crippen LogP contribution in [0.15, 0.2) is 42.6 Å². The summed E-state index contributed by atoms with van der Waals surface area (Å²) < 4.78 is 0.944. The average molecular weight is 325 g/mol. The summed E-state index contributed by atoms with van der Waals surface area (Å²) in [5.41, 5.74) is 2.83. The fourth-order valence-corrected chi connectivity index (χ4v) is 2.24. The van der Waals surface area contributed by atoms with E-state index in [2.05, 4.69) is 27.6 Å². The summed E-state index contributed by atoms with van der Waals surface area (Å²) in [7, 11) is 0. The Balaban J connectivity index is 2.38. The minimum Gasteiger partial charge on any atom is -0.384 e. The van der Waals surface area contributed by atoms with E-state index in [4.69, 9.17) is 0 Å². The van der Waals surface area contributed by atoms with Gasteiger partial charge in [0.05, 0.1) is 0 Å². The highest BCUT2D eigenvalue weighted by Crippen LogP contribution is 2.24. The number of aliphatic hydroxyl groups excluding tert-OH is 1. The first-order valence-corrected chi connectivity index (χ1v) is 6.11. The molecule has 0 amide bonds. The van der Waals surface area contributed by atoms with Crippen LogP contribution in [0.4, 0.5) is 0 Å². The maximum absolute atomic E-state index is 10.2. The largest absolute Gasteiger partial charge is 0.384 e. The van der Waals surface area contributed by atoms with Gasteiger partial charge in [0.2, 0.25) is 0 Å². The highest BCUT2D eigenvalue weighted by atomic mass is 127. The molecule has 1 heterocycles. The third-order valence-corrected chi connectivity index (χ3v) is 3.12. The lowest BCUT2D eigenvalue weighted by atomic mass is 10.00. The Bertz CT molecular complexity index is 485. The van der Waals surface area contributed by atoms with Gasteiger partial charge in [-0.1, -0.05) is 30.3 Å². The molecule has 2 aromatic rings. The number of aromatic nitrogens is 1. The fourth-order valence-electron chi connectivity index (χ4n) is 1.63. The van der Waals surface area contributed by atoms with Crippen LogP contribution in [0.2, 0.25) is 0 Å². The molecule has 0 aliphatic rings. The zero-order valence-electron chi connectivity index (χ0n) is 8.89. The fraction of sp³-hybridized carbons (Fsp3) is 0.154. The van der Waals surface area contributed by atoms with Gasteiger partial charge in [-0.25, -0.2) is 4.98 Å². The zero-order valence-corrected chi connectivity index (χ0v) is 11.0. The van der Waals surface area contributed by atoms with E-state index in [1.807, 2.05) is 43.3 Å². The molecule has 3 heteroatoms. The van der Waals surface area contributed by atoms with Gasteiger partial charge in [0.15, 0.2) is 0 Å². The molecule has 0 aliphatic heterocycles. The van der Waals surface area contributed by atoms with E-state index in [-0.39, 0.29) is 0 Å². The smallest absolute Gasteiger partial charge is 0.106 e. The molecule has 2 rings (SSSR count). The standard InChI is InChI=1S/C13H12INO/c1-9-7-12(14)15-8-11(9)13(16)10-5-3-2-4-6-10/h2-8,13,16H,1H3/t13-/m1/s1. The van der Waals surface area contributed by atoms with Crippen molar-refractivity contribution in [3.8, 4) is 0 Å². The number of rotatable bonds is 2. The molecule has 0 bridgehead atoms. The molecule has 0 radical (unpaired) electrons. The Hall–Kier alpha value is -0.940. The Morgan fingerprint density at radius 1 is 1.25 bits per heavy atom. The number of hydrogen-bond donors (Lipinski definition) is 1. The second-order valence-corrected chi connectivity index (χ2v) is 4.78. The van der Waals surface area contributed by atoms with Crippen LogP contribution in [0, 0.1) is 10.6 Å². The Morgan fingerprint density at radius 3 is 2.56 bits per heavy atom. The predicted molar refractivity (Wildman–Crippen MR) is 72.2 cm³/mol. The molecule has 2 nitrogen and oxygen atoms in total. The quantitative estimate of drug-likeness (QED) is 0.680. The molecule has 0 saturated heterocycles. The first kappa shape index (κ1) is 11.5. The summed E-state index contributed by atoms with van der Waals surface area (Å²) in [5, 5.41) is 10.2. The second-order valence-electron chi connectivity index (χ2n) is 3.68. The normalized spacial score (nSPS) is 12.4. The summed E-state index contributed by atoms with van der Waals surface area (Å²) in [6, 6.07) is 11.6. The SMILES string of the molecule is Cc1cc(I)ncc1[C@H](O)c1ccccc1. The Morgan fingerprint density at radius 2 is 1.94 bits per heavy atom. The van der Waals surface area contributed by atoms with Crippen LogP contribution < -0.4 is 0 Å². The van der Waals surface area contributed by atoms with E-state index in [1.165, 1.54) is 0 Å². The average Bonchev–Trinajstić information content (AvgIpc) is 2.29. The number of aliphatic hydroxyl groups is 1. The third-order valence-electron chi connectivity index (χ3n) is 2.53. The molecule has 0 aliphatic carbocycles. The van der Waals surface area contributed by atoms with Gasteiger partial charge in [0.1, 0.15) is 9.80 Å². The molecular formula is C13H12INO. The van der Waals surface area contributed by atoms with Crippen LogP contribution in [0.1, 0.15) is 22.8 Å². The molecule has 0 spiro atoms. The van der Waals surface area contributed by atoms with E-state index in [1.54, 1.807) is 6.20 Å². The molecule has 16 heavy (non-hydrogen) atoms. The summed E-state index contributed by atoms with van der Waals surface area (Å²) in [4.78, 5) is 4.21. The van der Waals surface area contributed by atoms with E-state index < -0.39 is 6.10 Å². The number of aryl methyl sites for hydroxylation is 1. The molecule has 1 atom stereocenters. The second kappa shape index (κ2) is 4.93. The molecule has 0 unspecified atom stereocenters. The van der Waals surface area contributed by atoms with Crippen molar-refractivity contribution < 1.29 is 5.11 Å². The maximum atomic E-state index is 10.2. The molecule has 0 saturated carbocycles. The van der Waals surface area contributed by atoms with Crippen molar-refractivity contribution in [1.82, 2.24) is 4.98 Å². The van der Waals surface area contributed by atoms with Gasteiger partial charge < -0.3 is 5.11 Å². The summed E-state index contributed by atoms with van der Waals surface area (Å²) in [6.07, 6.45) is 1.15. The first-order chi connectivity index (χ1) is 7.68. The van der Waals surface area contributed by atoms with Gasteiger partial charge in [-0.15, -0.1) is 0 Å². The summed E-state index contributed by atoms with van der Waals surface area (Å²) in [5.74, 6) is 0. The lowest BCUT2D eigenvalue weighted by Gasteiger charge is -2.13. The lowest BCUT2D eigenvalue weighted by molar-refractivity contribution is 0.219. The van der Waals surface area contributed by atoms with Gasteiger partial charge in [-0.2, -0.15) is 0 Å². The van der Waals surface area contributed by atoms with Crippen molar-refractivity contribution in [3.63, 3.8) is 0 Å². The van der Waals surface area contributed by atoms with Gasteiger partial charge in [0.25, 0.3) is 0 Å². The van der Waals surface area contributed by atoms with Crippen LogP contribution in [0.5, 0.6) is 0 Å². The molecule has 1 N–H and O–H groups in total. The van der Waals surface area contributed by atoms with Gasteiger partial charge in [-0.05, 0) is 46.7 Å². The van der Waals surface area contributed by atoms with Crippen LogP contribution in [0.25, 0.3) is 0 Å². The van der Waals surface area contributed by atoms with Crippen molar-refractivity contribution >= 4 is 22.6 Å². The van der Waals surface area contributed by atoms with Crippen molar-refractivity contribution in [1.29, 1.82) is 0 Å². The molecule has 0 fully saturated rings. The van der Waals surface area contributed by atoms with Crippen LogP contribution in [-0.2, 0) is 0 Å². The highest BCUT2D eigenvalue weighted by molar-refractivity contribution is 14.1. The number of halogens is 1. The number of benzene rings is 1. The zero-order chi connectivity index (χ0) is 11.5. The van der Waals surface area contributed by atoms with Crippen LogP contribution in [-0.4, -0.2) is 10.1 Å². The van der Waals surface area contributed by atoms with Gasteiger partial charge >= 0.3 is 0 Å². The van der Waals surface area contributed by atoms with Crippen LogP contribution >= 0.6 is 22.6 Å². The van der Waals surface area contributed by atoms with Crippen molar-refractivity contribution in [2.45, 2.75) is 13.0 Å². The topological polar surface area (TPSA) is 33.1 Å². The van der Waals surface area contributed by atoms with Crippen LogP contribution in [0.3, 0.4) is 0 Å². The van der Waals surface area contributed by atoms with E-state index in [0.717, 1.165) is 20.4 Å². The van der Waals surface area contributed by atoms with Crippen molar-refractivity contribution in [3.05, 3.63) is 63.0 Å². The van der Waals surface area contributed by atoms with E-state index >= 15 is 0 Å². The molecular weight excluding hydrogens is 313 g/mol. The summed E-state index contributed by atoms with van der Waals surface area (Å²) in [6.45, 7) is 1.99. The number of hydrogen-bond acceptors (Lipinski definition) is 2. The Labute approximate surface area is 108 Å². The number of pyridine rings is 1. The summed E-state index contributed by atoms with van der Waals surface area (Å²) >= 11 is 2.17. The molecule has 82 valence electrons. The minimum atomic E-state index is -0.592. The minimum absolute atomic E-state index is 0.592. The molecule has 1 aromatic carbocycles.